The Morgan fingerprint density at radius 1 is 1.32 bits per heavy atom. The molecule has 1 aromatic carbocycles. The van der Waals surface area contributed by atoms with Gasteiger partial charge in [0, 0.05) is 19.0 Å². The van der Waals surface area contributed by atoms with Crippen LogP contribution in [0.3, 0.4) is 0 Å². The van der Waals surface area contributed by atoms with Crippen LogP contribution in [0.25, 0.3) is 0 Å². The summed E-state index contributed by atoms with van der Waals surface area (Å²) in [7, 11) is -3.55. The molecule has 0 saturated heterocycles. The van der Waals surface area contributed by atoms with Crippen LogP contribution in [-0.4, -0.2) is 31.5 Å². The number of rotatable bonds is 8. The fraction of sp³-hybridized carbons (Fsp3) is 0.562. The van der Waals surface area contributed by atoms with Crippen molar-refractivity contribution in [3.8, 4) is 5.75 Å². The van der Waals surface area contributed by atoms with Crippen LogP contribution in [0, 0.1) is 0 Å². The number of carbonyl (C=O) groups is 1. The number of amides is 1. The van der Waals surface area contributed by atoms with Crippen LogP contribution in [0.15, 0.2) is 24.3 Å². The number of carbonyl (C=O) groups excluding carboxylic acids is 1. The van der Waals surface area contributed by atoms with Crippen LogP contribution in [0.1, 0.15) is 45.6 Å². The predicted octanol–water partition coefficient (Wildman–Crippen LogP) is 2.95. The Morgan fingerprint density at radius 3 is 2.55 bits per heavy atom. The summed E-state index contributed by atoms with van der Waals surface area (Å²) in [6.45, 7) is 6.49. The minimum Gasteiger partial charge on any atom is -0.383 e. The molecule has 6 heteroatoms. The van der Waals surface area contributed by atoms with Crippen molar-refractivity contribution in [2.75, 3.05) is 6.26 Å². The maximum absolute atomic E-state index is 12.3. The molecule has 0 N–H and O–H groups in total. The molecule has 1 aromatic rings. The van der Waals surface area contributed by atoms with Gasteiger partial charge in [-0.25, -0.2) is 0 Å². The first-order chi connectivity index (χ1) is 10.3. The first kappa shape index (κ1) is 18.5. The third-order valence-electron chi connectivity index (χ3n) is 3.41. The van der Waals surface area contributed by atoms with Gasteiger partial charge in [-0.1, -0.05) is 26.0 Å². The molecular formula is C16H25NO4S. The SMILES string of the molecule is CCCC(=O)N(Cc1cccc(OS(C)(=O)=O)c1)C(C)CC. The van der Waals surface area contributed by atoms with Gasteiger partial charge >= 0.3 is 10.1 Å². The number of hydrogen-bond donors (Lipinski definition) is 0. The maximum atomic E-state index is 12.3. The predicted molar refractivity (Wildman–Crippen MR) is 87.1 cm³/mol. The zero-order valence-corrected chi connectivity index (χ0v) is 14.5. The number of hydrogen-bond acceptors (Lipinski definition) is 4. The molecule has 22 heavy (non-hydrogen) atoms. The van der Waals surface area contributed by atoms with Crippen molar-refractivity contribution in [1.29, 1.82) is 0 Å². The van der Waals surface area contributed by atoms with Gasteiger partial charge in [0.25, 0.3) is 0 Å². The second-order valence-corrected chi connectivity index (χ2v) is 7.04. The zero-order chi connectivity index (χ0) is 16.8. The minimum absolute atomic E-state index is 0.117. The third kappa shape index (κ3) is 6.05. The van der Waals surface area contributed by atoms with E-state index in [1.807, 2.05) is 31.7 Å². The molecule has 0 fully saturated rings. The van der Waals surface area contributed by atoms with Crippen LogP contribution < -0.4 is 4.18 Å². The standard InChI is InChI=1S/C16H25NO4S/c1-5-8-16(18)17(13(3)6-2)12-14-9-7-10-15(11-14)21-22(4,19)20/h7,9-11,13H,5-6,8,12H2,1-4H3. The molecule has 1 amide bonds. The van der Waals surface area contributed by atoms with E-state index in [0.29, 0.717) is 13.0 Å². The van der Waals surface area contributed by atoms with Gasteiger partial charge < -0.3 is 9.08 Å². The first-order valence-electron chi connectivity index (χ1n) is 7.54. The van der Waals surface area contributed by atoms with Crippen LogP contribution in [-0.2, 0) is 21.5 Å². The van der Waals surface area contributed by atoms with Gasteiger partial charge in [0.15, 0.2) is 0 Å². The fourth-order valence-electron chi connectivity index (χ4n) is 2.13. The van der Waals surface area contributed by atoms with E-state index < -0.39 is 10.1 Å². The summed E-state index contributed by atoms with van der Waals surface area (Å²) >= 11 is 0. The molecule has 1 unspecified atom stereocenters. The first-order valence-corrected chi connectivity index (χ1v) is 9.36. The van der Waals surface area contributed by atoms with E-state index in [1.165, 1.54) is 0 Å². The Morgan fingerprint density at radius 2 is 2.00 bits per heavy atom. The smallest absolute Gasteiger partial charge is 0.306 e. The highest BCUT2D eigenvalue weighted by Gasteiger charge is 2.18. The summed E-state index contributed by atoms with van der Waals surface area (Å²) in [5, 5.41) is 0. The van der Waals surface area contributed by atoms with Crippen molar-refractivity contribution >= 4 is 16.0 Å². The minimum atomic E-state index is -3.55. The molecule has 0 heterocycles. The molecule has 124 valence electrons. The third-order valence-corrected chi connectivity index (χ3v) is 3.90. The topological polar surface area (TPSA) is 63.7 Å². The Balaban J connectivity index is 2.93. The van der Waals surface area contributed by atoms with E-state index in [4.69, 9.17) is 4.18 Å². The zero-order valence-electron chi connectivity index (χ0n) is 13.7. The summed E-state index contributed by atoms with van der Waals surface area (Å²) in [6.07, 6.45) is 3.21. The lowest BCUT2D eigenvalue weighted by atomic mass is 10.1. The van der Waals surface area contributed by atoms with Gasteiger partial charge in [-0.2, -0.15) is 8.42 Å². The van der Waals surface area contributed by atoms with Gasteiger partial charge in [0.05, 0.1) is 6.26 Å². The Labute approximate surface area is 133 Å². The molecule has 0 aromatic heterocycles. The molecule has 0 aliphatic heterocycles. The summed E-state index contributed by atoms with van der Waals surface area (Å²) in [6, 6.07) is 6.99. The van der Waals surface area contributed by atoms with Crippen molar-refractivity contribution in [3.05, 3.63) is 29.8 Å². The molecule has 0 radical (unpaired) electrons. The quantitative estimate of drug-likeness (QED) is 0.689. The second kappa shape index (κ2) is 8.17. The lowest BCUT2D eigenvalue weighted by Gasteiger charge is -2.29. The maximum Gasteiger partial charge on any atom is 0.306 e. The van der Waals surface area contributed by atoms with Crippen molar-refractivity contribution in [2.45, 2.75) is 52.6 Å². The highest BCUT2D eigenvalue weighted by Crippen LogP contribution is 2.19. The average molecular weight is 327 g/mol. The summed E-state index contributed by atoms with van der Waals surface area (Å²) < 4.78 is 27.3. The van der Waals surface area contributed by atoms with Gasteiger partial charge in [0.2, 0.25) is 5.91 Å². The van der Waals surface area contributed by atoms with Crippen LogP contribution >= 0.6 is 0 Å². The van der Waals surface area contributed by atoms with Crippen LogP contribution in [0.2, 0.25) is 0 Å². The van der Waals surface area contributed by atoms with E-state index in [2.05, 4.69) is 0 Å². The number of nitrogens with zero attached hydrogens (tertiary/aromatic N) is 1. The van der Waals surface area contributed by atoms with Crippen molar-refractivity contribution in [1.82, 2.24) is 4.90 Å². The van der Waals surface area contributed by atoms with Crippen molar-refractivity contribution < 1.29 is 17.4 Å². The summed E-state index contributed by atoms with van der Waals surface area (Å²) in [4.78, 5) is 14.1. The monoisotopic (exact) mass is 327 g/mol. The van der Waals surface area contributed by atoms with E-state index in [0.717, 1.165) is 24.7 Å². The summed E-state index contributed by atoms with van der Waals surface area (Å²) in [5.41, 5.74) is 0.853. The van der Waals surface area contributed by atoms with Crippen LogP contribution in [0.5, 0.6) is 5.75 Å². The van der Waals surface area contributed by atoms with Crippen LogP contribution in [0.4, 0.5) is 0 Å². The van der Waals surface area contributed by atoms with E-state index in [9.17, 15) is 13.2 Å². The van der Waals surface area contributed by atoms with Crippen molar-refractivity contribution in [3.63, 3.8) is 0 Å². The number of benzene rings is 1. The normalized spacial score (nSPS) is 12.7. The molecule has 5 nitrogen and oxygen atoms in total. The van der Waals surface area contributed by atoms with Gasteiger partial charge in [-0.05, 0) is 37.5 Å². The van der Waals surface area contributed by atoms with Gasteiger partial charge in [-0.3, -0.25) is 4.79 Å². The average Bonchev–Trinajstić information content (AvgIpc) is 2.42. The molecule has 0 spiro atoms. The van der Waals surface area contributed by atoms with E-state index in [1.54, 1.807) is 18.2 Å². The molecular weight excluding hydrogens is 302 g/mol. The molecule has 0 aliphatic rings. The van der Waals surface area contributed by atoms with Gasteiger partial charge in [-0.15, -0.1) is 0 Å². The molecule has 0 aliphatic carbocycles. The van der Waals surface area contributed by atoms with E-state index in [-0.39, 0.29) is 17.7 Å². The lowest BCUT2D eigenvalue weighted by Crippen LogP contribution is -2.37. The molecule has 1 atom stereocenters. The lowest BCUT2D eigenvalue weighted by molar-refractivity contribution is -0.134. The molecule has 0 saturated carbocycles. The Hall–Kier alpha value is -1.56. The van der Waals surface area contributed by atoms with Crippen molar-refractivity contribution in [2.24, 2.45) is 0 Å². The Kier molecular flexibility index (Phi) is 6.87. The van der Waals surface area contributed by atoms with E-state index >= 15 is 0 Å². The summed E-state index contributed by atoms with van der Waals surface area (Å²) in [5.74, 6) is 0.387. The molecule has 0 bridgehead atoms. The molecule has 1 rings (SSSR count). The highest BCUT2D eigenvalue weighted by atomic mass is 32.2. The largest absolute Gasteiger partial charge is 0.383 e. The second-order valence-electron chi connectivity index (χ2n) is 5.46. The Bertz CT molecular complexity index is 598. The highest BCUT2D eigenvalue weighted by molar-refractivity contribution is 7.86. The van der Waals surface area contributed by atoms with Gasteiger partial charge in [0.1, 0.15) is 5.75 Å². The fourth-order valence-corrected chi connectivity index (χ4v) is 2.59.